The van der Waals surface area contributed by atoms with Gasteiger partial charge < -0.3 is 0 Å². The number of likely N-dealkylation sites (tertiary alicyclic amines) is 1. The van der Waals surface area contributed by atoms with Crippen molar-refractivity contribution in [2.24, 2.45) is 11.8 Å². The van der Waals surface area contributed by atoms with Crippen LogP contribution in [0.1, 0.15) is 27.2 Å². The Morgan fingerprint density at radius 2 is 2.08 bits per heavy atom. The first-order chi connectivity index (χ1) is 5.52. The van der Waals surface area contributed by atoms with Gasteiger partial charge in [0, 0.05) is 12.6 Å². The first kappa shape index (κ1) is 9.79. The van der Waals surface area contributed by atoms with Crippen LogP contribution in [0, 0.1) is 11.8 Å². The molecule has 1 aliphatic rings. The monoisotopic (exact) mass is 167 g/mol. The maximum atomic E-state index is 4.18. The molecule has 70 valence electrons. The molecule has 1 rings (SSSR count). The van der Waals surface area contributed by atoms with Crippen LogP contribution in [0.25, 0.3) is 0 Å². The fraction of sp³-hybridized carbons (Fsp3) is 0.818. The van der Waals surface area contributed by atoms with Gasteiger partial charge in [-0.05, 0) is 25.3 Å². The fourth-order valence-corrected chi connectivity index (χ4v) is 2.07. The number of hydrogen-bond acceptors (Lipinski definition) is 1. The van der Waals surface area contributed by atoms with Crippen molar-refractivity contribution in [1.82, 2.24) is 4.90 Å². The lowest BCUT2D eigenvalue weighted by molar-refractivity contribution is 0.327. The normalized spacial score (nSPS) is 31.4. The number of rotatable bonds is 2. The molecule has 0 aromatic carbocycles. The van der Waals surface area contributed by atoms with E-state index in [4.69, 9.17) is 0 Å². The van der Waals surface area contributed by atoms with E-state index in [1.54, 1.807) is 0 Å². The summed E-state index contributed by atoms with van der Waals surface area (Å²) in [4.78, 5) is 2.44. The third-order valence-electron chi connectivity index (χ3n) is 2.93. The van der Waals surface area contributed by atoms with Gasteiger partial charge in [0.05, 0.1) is 0 Å². The van der Waals surface area contributed by atoms with Crippen LogP contribution in [-0.2, 0) is 0 Å². The van der Waals surface area contributed by atoms with Gasteiger partial charge in [-0.15, -0.1) is 0 Å². The van der Waals surface area contributed by atoms with E-state index in [1.165, 1.54) is 18.5 Å². The van der Waals surface area contributed by atoms with E-state index < -0.39 is 0 Å². The quantitative estimate of drug-likeness (QED) is 0.571. The third kappa shape index (κ3) is 1.89. The summed E-state index contributed by atoms with van der Waals surface area (Å²) in [5, 5.41) is 0. The van der Waals surface area contributed by atoms with Crippen LogP contribution in [-0.4, -0.2) is 24.5 Å². The van der Waals surface area contributed by atoms with Crippen LogP contribution in [0.3, 0.4) is 0 Å². The van der Waals surface area contributed by atoms with E-state index in [2.05, 4.69) is 39.3 Å². The van der Waals surface area contributed by atoms with Gasteiger partial charge in [-0.3, -0.25) is 4.90 Å². The van der Waals surface area contributed by atoms with Crippen LogP contribution in [0.15, 0.2) is 12.2 Å². The Hall–Kier alpha value is -0.300. The standard InChI is InChI=1S/C11H21N/c1-8(2)10(4)11-6-9(3)7-12(11)5/h8-9,11H,4,6-7H2,1-3,5H3/t9-,11+/m1/s1. The Labute approximate surface area is 76.5 Å². The van der Waals surface area contributed by atoms with Crippen LogP contribution < -0.4 is 0 Å². The Balaban J connectivity index is 2.58. The van der Waals surface area contributed by atoms with Crippen molar-refractivity contribution in [2.75, 3.05) is 13.6 Å². The summed E-state index contributed by atoms with van der Waals surface area (Å²) in [7, 11) is 2.21. The first-order valence-electron chi connectivity index (χ1n) is 4.91. The second kappa shape index (κ2) is 3.61. The zero-order valence-electron chi connectivity index (χ0n) is 8.80. The van der Waals surface area contributed by atoms with Gasteiger partial charge in [0.25, 0.3) is 0 Å². The van der Waals surface area contributed by atoms with E-state index in [-0.39, 0.29) is 0 Å². The Morgan fingerprint density at radius 3 is 2.42 bits per heavy atom. The van der Waals surface area contributed by atoms with Gasteiger partial charge in [0.1, 0.15) is 0 Å². The number of hydrogen-bond donors (Lipinski definition) is 0. The second-order valence-electron chi connectivity index (χ2n) is 4.53. The van der Waals surface area contributed by atoms with Gasteiger partial charge in [0.2, 0.25) is 0 Å². The molecular weight excluding hydrogens is 146 g/mol. The molecule has 12 heavy (non-hydrogen) atoms. The predicted octanol–water partition coefficient (Wildman–Crippen LogP) is 2.54. The molecule has 0 aromatic heterocycles. The van der Waals surface area contributed by atoms with Crippen molar-refractivity contribution in [3.8, 4) is 0 Å². The minimum absolute atomic E-state index is 0.628. The molecule has 0 aromatic rings. The summed E-state index contributed by atoms with van der Waals surface area (Å²) in [6.45, 7) is 12.2. The maximum Gasteiger partial charge on any atom is 0.0307 e. The van der Waals surface area contributed by atoms with E-state index in [9.17, 15) is 0 Å². The minimum atomic E-state index is 0.628. The molecule has 0 saturated carbocycles. The second-order valence-corrected chi connectivity index (χ2v) is 4.53. The number of likely N-dealkylation sites (N-methyl/N-ethyl adjacent to an activating group) is 1. The maximum absolute atomic E-state index is 4.18. The fourth-order valence-electron chi connectivity index (χ4n) is 2.07. The molecule has 0 amide bonds. The third-order valence-corrected chi connectivity index (χ3v) is 2.93. The Bertz CT molecular complexity index is 172. The number of nitrogens with zero attached hydrogens (tertiary/aromatic N) is 1. The largest absolute Gasteiger partial charge is 0.299 e. The average molecular weight is 167 g/mol. The van der Waals surface area contributed by atoms with E-state index in [0.717, 1.165) is 5.92 Å². The first-order valence-corrected chi connectivity index (χ1v) is 4.91. The minimum Gasteiger partial charge on any atom is -0.299 e. The van der Waals surface area contributed by atoms with Crippen molar-refractivity contribution in [3.05, 3.63) is 12.2 Å². The van der Waals surface area contributed by atoms with E-state index >= 15 is 0 Å². The highest BCUT2D eigenvalue weighted by atomic mass is 15.2. The van der Waals surface area contributed by atoms with Crippen LogP contribution in [0.2, 0.25) is 0 Å². The van der Waals surface area contributed by atoms with E-state index in [0.29, 0.717) is 12.0 Å². The van der Waals surface area contributed by atoms with Gasteiger partial charge in [-0.25, -0.2) is 0 Å². The molecule has 1 nitrogen and oxygen atoms in total. The highest BCUT2D eigenvalue weighted by Gasteiger charge is 2.29. The highest BCUT2D eigenvalue weighted by molar-refractivity contribution is 5.11. The van der Waals surface area contributed by atoms with Crippen LogP contribution in [0.4, 0.5) is 0 Å². The average Bonchev–Trinajstić information content (AvgIpc) is 2.28. The van der Waals surface area contributed by atoms with Crippen molar-refractivity contribution in [2.45, 2.75) is 33.2 Å². The summed E-state index contributed by atoms with van der Waals surface area (Å²) < 4.78 is 0. The van der Waals surface area contributed by atoms with Crippen molar-refractivity contribution in [3.63, 3.8) is 0 Å². The predicted molar refractivity (Wildman–Crippen MR) is 54.2 cm³/mol. The molecule has 0 aliphatic carbocycles. The smallest absolute Gasteiger partial charge is 0.0307 e. The lowest BCUT2D eigenvalue weighted by Crippen LogP contribution is -2.28. The molecule has 1 aliphatic heterocycles. The lowest BCUT2D eigenvalue weighted by atomic mass is 9.94. The van der Waals surface area contributed by atoms with Crippen molar-refractivity contribution in [1.29, 1.82) is 0 Å². The van der Waals surface area contributed by atoms with Gasteiger partial charge in [-0.1, -0.05) is 32.9 Å². The molecule has 2 atom stereocenters. The molecular formula is C11H21N. The zero-order valence-corrected chi connectivity index (χ0v) is 8.80. The highest BCUT2D eigenvalue weighted by Crippen LogP contribution is 2.28. The van der Waals surface area contributed by atoms with Gasteiger partial charge in [0.15, 0.2) is 0 Å². The summed E-state index contributed by atoms with van der Waals surface area (Å²) in [5.41, 5.74) is 1.40. The van der Waals surface area contributed by atoms with Crippen molar-refractivity contribution < 1.29 is 0 Å². The molecule has 0 radical (unpaired) electrons. The topological polar surface area (TPSA) is 3.24 Å². The molecule has 1 fully saturated rings. The van der Waals surface area contributed by atoms with Crippen LogP contribution in [0.5, 0.6) is 0 Å². The lowest BCUT2D eigenvalue weighted by Gasteiger charge is -2.24. The SMILES string of the molecule is C=C(C(C)C)[C@@H]1C[C@@H](C)CN1C. The summed E-state index contributed by atoms with van der Waals surface area (Å²) in [6.07, 6.45) is 1.30. The molecule has 1 saturated heterocycles. The Kier molecular flexibility index (Phi) is 2.94. The summed E-state index contributed by atoms with van der Waals surface area (Å²) in [5.74, 6) is 1.47. The summed E-state index contributed by atoms with van der Waals surface area (Å²) >= 11 is 0. The van der Waals surface area contributed by atoms with Gasteiger partial charge >= 0.3 is 0 Å². The van der Waals surface area contributed by atoms with Gasteiger partial charge in [-0.2, -0.15) is 0 Å². The Morgan fingerprint density at radius 1 is 1.50 bits per heavy atom. The molecule has 0 bridgehead atoms. The zero-order chi connectivity index (χ0) is 9.30. The molecule has 1 heterocycles. The van der Waals surface area contributed by atoms with E-state index in [1.807, 2.05) is 0 Å². The van der Waals surface area contributed by atoms with Crippen LogP contribution >= 0.6 is 0 Å². The molecule has 1 heteroatoms. The van der Waals surface area contributed by atoms with Crippen molar-refractivity contribution >= 4 is 0 Å². The molecule has 0 unspecified atom stereocenters. The summed E-state index contributed by atoms with van der Waals surface area (Å²) in [6, 6.07) is 0.639. The molecule has 0 N–H and O–H groups in total. The molecule has 0 spiro atoms.